The minimum Gasteiger partial charge on any atom is -0.345 e. The van der Waals surface area contributed by atoms with Gasteiger partial charge in [0.05, 0.1) is 11.7 Å². The van der Waals surface area contributed by atoms with Gasteiger partial charge in [0.2, 0.25) is 5.95 Å². The molecule has 0 radical (unpaired) electrons. The van der Waals surface area contributed by atoms with Crippen molar-refractivity contribution in [2.45, 2.75) is 45.2 Å². The number of aryl methyl sites for hydroxylation is 1. The van der Waals surface area contributed by atoms with Gasteiger partial charge in [0.1, 0.15) is 5.82 Å². The van der Waals surface area contributed by atoms with Gasteiger partial charge in [-0.1, -0.05) is 30.3 Å². The fourth-order valence-electron chi connectivity index (χ4n) is 4.50. The zero-order valence-corrected chi connectivity index (χ0v) is 19.5. The van der Waals surface area contributed by atoms with Gasteiger partial charge < -0.3 is 10.6 Å². The lowest BCUT2D eigenvalue weighted by Crippen LogP contribution is -2.16. The minimum atomic E-state index is -0.508. The number of fused-ring (bicyclic) bond motifs is 1. The second-order valence-electron chi connectivity index (χ2n) is 9.14. The van der Waals surface area contributed by atoms with Crippen LogP contribution in [0.3, 0.4) is 0 Å². The molecule has 0 bridgehead atoms. The fraction of sp³-hybridized carbons (Fsp3) is 0.259. The number of hydrogen-bond acceptors (Lipinski definition) is 5. The molecule has 7 nitrogen and oxygen atoms in total. The van der Waals surface area contributed by atoms with Crippen molar-refractivity contribution in [2.24, 2.45) is 0 Å². The zero-order chi connectivity index (χ0) is 24.1. The van der Waals surface area contributed by atoms with Crippen LogP contribution in [0.15, 0.2) is 54.7 Å². The Balaban J connectivity index is 1.25. The summed E-state index contributed by atoms with van der Waals surface area (Å²) < 4.78 is 16.5. The van der Waals surface area contributed by atoms with Crippen molar-refractivity contribution in [3.63, 3.8) is 0 Å². The first kappa shape index (κ1) is 21.5. The number of rotatable bonds is 6. The van der Waals surface area contributed by atoms with E-state index in [1.54, 1.807) is 10.7 Å². The molecule has 1 saturated carbocycles. The summed E-state index contributed by atoms with van der Waals surface area (Å²) in [5.74, 6) is 0.868. The Labute approximate surface area is 202 Å². The molecule has 3 heterocycles. The van der Waals surface area contributed by atoms with Gasteiger partial charge in [-0.15, -0.1) is 5.10 Å². The topological polar surface area (TPSA) is 84.7 Å². The van der Waals surface area contributed by atoms with Crippen LogP contribution in [0.25, 0.3) is 22.5 Å². The van der Waals surface area contributed by atoms with Crippen molar-refractivity contribution in [3.05, 3.63) is 77.4 Å². The summed E-state index contributed by atoms with van der Waals surface area (Å²) in [6.07, 6.45) is 4.42. The highest BCUT2D eigenvalue weighted by Gasteiger charge is 2.28. The molecule has 0 unspecified atom stereocenters. The molecule has 1 aliphatic carbocycles. The SMILES string of the molecule is CCn1nc(-c2ccc(-c3ccc(C4CC4)nc3)cc2)nc1Nc1cc2c(cc1F)C(=O)N[C@@H]2C. The predicted molar refractivity (Wildman–Crippen MR) is 132 cm³/mol. The first-order valence-corrected chi connectivity index (χ1v) is 11.9. The zero-order valence-electron chi connectivity index (χ0n) is 19.5. The summed E-state index contributed by atoms with van der Waals surface area (Å²) >= 11 is 0. The number of halogens is 1. The van der Waals surface area contributed by atoms with E-state index >= 15 is 0 Å². The van der Waals surface area contributed by atoms with E-state index in [0.29, 0.717) is 29.8 Å². The Kier molecular flexibility index (Phi) is 5.09. The molecular weight excluding hydrogens is 443 g/mol. The van der Waals surface area contributed by atoms with E-state index in [1.165, 1.54) is 24.6 Å². The number of hydrogen-bond donors (Lipinski definition) is 2. The summed E-state index contributed by atoms with van der Waals surface area (Å²) in [5.41, 5.74) is 5.59. The normalized spacial score (nSPS) is 16.8. The van der Waals surface area contributed by atoms with Gasteiger partial charge in [0.25, 0.3) is 5.91 Å². The Morgan fingerprint density at radius 3 is 2.51 bits per heavy atom. The van der Waals surface area contributed by atoms with Crippen molar-refractivity contribution in [1.29, 1.82) is 0 Å². The minimum absolute atomic E-state index is 0.170. The van der Waals surface area contributed by atoms with Crippen LogP contribution in [0.5, 0.6) is 0 Å². The fourth-order valence-corrected chi connectivity index (χ4v) is 4.50. The van der Waals surface area contributed by atoms with Crippen molar-refractivity contribution in [3.8, 4) is 22.5 Å². The number of carbonyl (C=O) groups excluding carboxylic acids is 1. The molecule has 0 saturated heterocycles. The number of anilines is 2. The molecule has 35 heavy (non-hydrogen) atoms. The van der Waals surface area contributed by atoms with Gasteiger partial charge in [-0.25, -0.2) is 9.07 Å². The Hall–Kier alpha value is -4.07. The number of nitrogens with one attached hydrogen (secondary N) is 2. The third-order valence-electron chi connectivity index (χ3n) is 6.67. The summed E-state index contributed by atoms with van der Waals surface area (Å²) in [7, 11) is 0. The quantitative estimate of drug-likeness (QED) is 0.385. The van der Waals surface area contributed by atoms with Crippen LogP contribution < -0.4 is 10.6 Å². The van der Waals surface area contributed by atoms with Crippen LogP contribution in [0.4, 0.5) is 16.0 Å². The van der Waals surface area contributed by atoms with Crippen molar-refractivity contribution in [2.75, 3.05) is 5.32 Å². The van der Waals surface area contributed by atoms with E-state index in [1.807, 2.05) is 44.3 Å². The molecule has 4 aromatic rings. The van der Waals surface area contributed by atoms with Crippen LogP contribution in [-0.4, -0.2) is 25.7 Å². The van der Waals surface area contributed by atoms with Gasteiger partial charge >= 0.3 is 0 Å². The first-order chi connectivity index (χ1) is 17.0. The predicted octanol–water partition coefficient (Wildman–Crippen LogP) is 5.59. The molecule has 2 aromatic heterocycles. The first-order valence-electron chi connectivity index (χ1n) is 11.9. The van der Waals surface area contributed by atoms with Crippen molar-refractivity contribution < 1.29 is 9.18 Å². The molecule has 0 spiro atoms. The largest absolute Gasteiger partial charge is 0.345 e. The molecule has 2 aromatic carbocycles. The molecule has 1 atom stereocenters. The van der Waals surface area contributed by atoms with Crippen LogP contribution in [0, 0.1) is 5.82 Å². The Morgan fingerprint density at radius 2 is 1.83 bits per heavy atom. The van der Waals surface area contributed by atoms with Crippen LogP contribution in [-0.2, 0) is 6.54 Å². The lowest BCUT2D eigenvalue weighted by atomic mass is 10.0. The van der Waals surface area contributed by atoms with E-state index in [2.05, 4.69) is 37.8 Å². The molecule has 1 amide bonds. The average molecular weight is 469 g/mol. The van der Waals surface area contributed by atoms with Crippen LogP contribution >= 0.6 is 0 Å². The van der Waals surface area contributed by atoms with Crippen molar-refractivity contribution >= 4 is 17.5 Å². The third kappa shape index (κ3) is 3.95. The molecule has 1 fully saturated rings. The number of benzene rings is 2. The number of pyridine rings is 1. The van der Waals surface area contributed by atoms with Gasteiger partial charge in [-0.05, 0) is 56.0 Å². The molecule has 8 heteroatoms. The van der Waals surface area contributed by atoms with E-state index in [0.717, 1.165) is 22.3 Å². The van der Waals surface area contributed by atoms with Gasteiger partial charge in [-0.2, -0.15) is 4.98 Å². The number of aromatic nitrogens is 4. The van der Waals surface area contributed by atoms with Crippen molar-refractivity contribution in [1.82, 2.24) is 25.1 Å². The van der Waals surface area contributed by atoms with Gasteiger partial charge in [-0.3, -0.25) is 9.78 Å². The highest BCUT2D eigenvalue weighted by molar-refractivity contribution is 5.99. The van der Waals surface area contributed by atoms with Gasteiger partial charge in [0, 0.05) is 41.0 Å². The summed E-state index contributed by atoms with van der Waals surface area (Å²) in [6, 6.07) is 15.1. The Morgan fingerprint density at radius 1 is 1.09 bits per heavy atom. The lowest BCUT2D eigenvalue weighted by Gasteiger charge is -2.10. The molecule has 2 N–H and O–H groups in total. The maximum absolute atomic E-state index is 14.8. The maximum Gasteiger partial charge on any atom is 0.252 e. The van der Waals surface area contributed by atoms with E-state index in [-0.39, 0.29) is 17.6 Å². The molecule has 1 aliphatic heterocycles. The average Bonchev–Trinajstić information content (AvgIpc) is 3.59. The lowest BCUT2D eigenvalue weighted by molar-refractivity contribution is 0.0958. The van der Waals surface area contributed by atoms with E-state index in [4.69, 9.17) is 0 Å². The van der Waals surface area contributed by atoms with Gasteiger partial charge in [0.15, 0.2) is 5.82 Å². The second-order valence-corrected chi connectivity index (χ2v) is 9.14. The maximum atomic E-state index is 14.8. The molecule has 2 aliphatic rings. The van der Waals surface area contributed by atoms with Crippen LogP contribution in [0.1, 0.15) is 60.3 Å². The van der Waals surface area contributed by atoms with E-state index in [9.17, 15) is 9.18 Å². The summed E-state index contributed by atoms with van der Waals surface area (Å²) in [5, 5.41) is 10.5. The third-order valence-corrected chi connectivity index (χ3v) is 6.67. The molecular formula is C27H25FN6O. The summed E-state index contributed by atoms with van der Waals surface area (Å²) in [6.45, 7) is 4.39. The highest BCUT2D eigenvalue weighted by atomic mass is 19.1. The number of amides is 1. The number of nitrogens with zero attached hydrogens (tertiary/aromatic N) is 4. The summed E-state index contributed by atoms with van der Waals surface area (Å²) in [4.78, 5) is 21.2. The van der Waals surface area contributed by atoms with E-state index < -0.39 is 5.82 Å². The van der Waals surface area contributed by atoms with Crippen LogP contribution in [0.2, 0.25) is 0 Å². The highest BCUT2D eigenvalue weighted by Crippen LogP contribution is 2.39. The molecule has 176 valence electrons. The Bertz CT molecular complexity index is 1420. The smallest absolute Gasteiger partial charge is 0.252 e. The second kappa shape index (κ2) is 8.30. The monoisotopic (exact) mass is 468 g/mol. The number of carbonyl (C=O) groups is 1. The standard InChI is InChI=1S/C27H25FN6O/c1-3-34-27(31-24-13-20-15(2)30-26(35)21(20)12-22(24)28)32-25(33-34)18-8-4-16(5-9-18)19-10-11-23(29-14-19)17-6-7-17/h4-5,8-15,17H,3,6-7H2,1-2H3,(H,30,35)(H,31,32,33)/t15-/m1/s1. The molecule has 6 rings (SSSR count).